The highest BCUT2D eigenvalue weighted by atomic mass is 16.5. The second kappa shape index (κ2) is 9.18. The molecule has 0 unspecified atom stereocenters. The van der Waals surface area contributed by atoms with Crippen LogP contribution in [-0.4, -0.2) is 64.3 Å². The monoisotopic (exact) mass is 462 g/mol. The fourth-order valence-corrected chi connectivity index (χ4v) is 4.34. The van der Waals surface area contributed by atoms with Crippen LogP contribution in [-0.2, 0) is 11.3 Å². The molecule has 3 heterocycles. The van der Waals surface area contributed by atoms with E-state index < -0.39 is 0 Å². The third kappa shape index (κ3) is 4.34. The molecule has 1 aromatic heterocycles. The highest BCUT2D eigenvalue weighted by Crippen LogP contribution is 2.33. The van der Waals surface area contributed by atoms with Crippen LogP contribution in [0.3, 0.4) is 0 Å². The number of hydrogen-bond acceptors (Lipinski definition) is 6. The minimum Gasteiger partial charge on any atom is -0.493 e. The Labute approximate surface area is 196 Å². The van der Waals surface area contributed by atoms with Crippen LogP contribution in [0.25, 0.3) is 17.1 Å². The minimum absolute atomic E-state index is 0.0950. The van der Waals surface area contributed by atoms with E-state index in [1.807, 2.05) is 29.0 Å². The summed E-state index contributed by atoms with van der Waals surface area (Å²) in [6.07, 6.45) is 4.32. The lowest BCUT2D eigenvalue weighted by atomic mass is 10.0. The zero-order chi connectivity index (χ0) is 23.7. The largest absolute Gasteiger partial charge is 0.493 e. The molecule has 2 aliphatic rings. The van der Waals surface area contributed by atoms with Gasteiger partial charge in [0.1, 0.15) is 5.82 Å². The van der Waals surface area contributed by atoms with Gasteiger partial charge in [-0.05, 0) is 54.8 Å². The molecule has 0 radical (unpaired) electrons. The predicted molar refractivity (Wildman–Crippen MR) is 124 cm³/mol. The molecule has 9 nitrogen and oxygen atoms in total. The molecule has 5 rings (SSSR count). The molecule has 0 aliphatic carbocycles. The first-order chi connectivity index (χ1) is 16.5. The van der Waals surface area contributed by atoms with E-state index in [0.29, 0.717) is 48.8 Å². The van der Waals surface area contributed by atoms with Gasteiger partial charge in [-0.25, -0.2) is 4.98 Å². The van der Waals surface area contributed by atoms with E-state index in [0.717, 1.165) is 16.8 Å². The molecule has 176 valence electrons. The number of aromatic nitrogens is 2. The Morgan fingerprint density at radius 3 is 2.82 bits per heavy atom. The topological polar surface area (TPSA) is 106 Å². The van der Waals surface area contributed by atoms with Gasteiger partial charge in [0, 0.05) is 48.8 Å². The van der Waals surface area contributed by atoms with Gasteiger partial charge >= 0.3 is 0 Å². The molecule has 34 heavy (non-hydrogen) atoms. The van der Waals surface area contributed by atoms with E-state index in [1.165, 1.54) is 0 Å². The van der Waals surface area contributed by atoms with E-state index >= 15 is 0 Å². The maximum Gasteiger partial charge on any atom is 0.258 e. The van der Waals surface area contributed by atoms with Gasteiger partial charge in [0.05, 0.1) is 13.2 Å². The lowest BCUT2D eigenvalue weighted by molar-refractivity contribution is -0.123. The van der Waals surface area contributed by atoms with Crippen molar-refractivity contribution >= 4 is 11.8 Å². The van der Waals surface area contributed by atoms with E-state index in [-0.39, 0.29) is 31.1 Å². The van der Waals surface area contributed by atoms with Gasteiger partial charge in [-0.15, -0.1) is 0 Å². The lowest BCUT2D eigenvalue weighted by Crippen LogP contribution is -2.40. The normalized spacial score (nSPS) is 16.3. The number of methoxy groups -OCH3 is 1. The van der Waals surface area contributed by atoms with Crippen LogP contribution in [0.2, 0.25) is 0 Å². The minimum atomic E-state index is -0.360. The number of hydrogen-bond donors (Lipinski definition) is 2. The van der Waals surface area contributed by atoms with E-state index in [4.69, 9.17) is 9.47 Å². The summed E-state index contributed by atoms with van der Waals surface area (Å²) in [5.74, 6) is 1.25. The molecule has 3 aromatic rings. The fourth-order valence-electron chi connectivity index (χ4n) is 4.34. The van der Waals surface area contributed by atoms with Gasteiger partial charge in [-0.3, -0.25) is 14.2 Å². The number of nitrogens with zero attached hydrogens (tertiary/aromatic N) is 3. The number of carbonyl (C=O) groups is 2. The Balaban J connectivity index is 1.59. The number of fused-ring (bicyclic) bond motifs is 7. The van der Waals surface area contributed by atoms with E-state index in [9.17, 15) is 14.7 Å². The molecule has 2 aromatic carbocycles. The smallest absolute Gasteiger partial charge is 0.258 e. The first kappa shape index (κ1) is 22.0. The van der Waals surface area contributed by atoms with Crippen molar-refractivity contribution in [1.29, 1.82) is 0 Å². The standard InChI is InChI=1S/C25H26N4O5/c1-33-21-3-2-17-13-22(21)34-15-23(31)27-14-16-10-18(25(32)28-7-4-20(30)5-8-28)12-19(11-16)29-9-6-26-24(17)29/h2-3,6,9-13,20,30H,4-5,7-8,14-15H2,1H3,(H,27,31). The van der Waals surface area contributed by atoms with Gasteiger partial charge in [0.25, 0.3) is 11.8 Å². The molecule has 0 spiro atoms. The number of likely N-dealkylation sites (tertiary alicyclic amines) is 1. The zero-order valence-electron chi connectivity index (χ0n) is 18.9. The first-order valence-corrected chi connectivity index (χ1v) is 11.2. The van der Waals surface area contributed by atoms with Gasteiger partial charge in [-0.1, -0.05) is 0 Å². The summed E-state index contributed by atoms with van der Waals surface area (Å²) in [4.78, 5) is 32.1. The maximum atomic E-state index is 13.3. The van der Waals surface area contributed by atoms with Crippen molar-refractivity contribution in [2.24, 2.45) is 0 Å². The zero-order valence-corrected chi connectivity index (χ0v) is 18.9. The average Bonchev–Trinajstić information content (AvgIpc) is 3.35. The van der Waals surface area contributed by atoms with Crippen molar-refractivity contribution in [2.45, 2.75) is 25.5 Å². The highest BCUT2D eigenvalue weighted by Gasteiger charge is 2.24. The quantitative estimate of drug-likeness (QED) is 0.605. The summed E-state index contributed by atoms with van der Waals surface area (Å²) in [5, 5.41) is 12.7. The molecule has 1 fully saturated rings. The number of amides is 2. The van der Waals surface area contributed by atoms with Crippen LogP contribution in [0, 0.1) is 0 Å². The Kier molecular flexibility index (Phi) is 5.93. The van der Waals surface area contributed by atoms with Crippen molar-refractivity contribution in [3.63, 3.8) is 0 Å². The number of aliphatic hydroxyl groups excluding tert-OH is 1. The Hall–Kier alpha value is -3.85. The van der Waals surface area contributed by atoms with Crippen molar-refractivity contribution in [2.75, 3.05) is 26.8 Å². The van der Waals surface area contributed by atoms with Crippen molar-refractivity contribution in [1.82, 2.24) is 19.8 Å². The van der Waals surface area contributed by atoms with Gasteiger partial charge in [0.2, 0.25) is 0 Å². The van der Waals surface area contributed by atoms with Gasteiger partial charge in [0.15, 0.2) is 18.1 Å². The lowest BCUT2D eigenvalue weighted by Gasteiger charge is -2.30. The van der Waals surface area contributed by atoms with Crippen LogP contribution >= 0.6 is 0 Å². The maximum absolute atomic E-state index is 13.3. The van der Waals surface area contributed by atoms with Crippen LogP contribution in [0.1, 0.15) is 28.8 Å². The summed E-state index contributed by atoms with van der Waals surface area (Å²) >= 11 is 0. The molecule has 9 heteroatoms. The number of piperidine rings is 1. The predicted octanol–water partition coefficient (Wildman–Crippen LogP) is 2.15. The molecule has 2 N–H and O–H groups in total. The number of carbonyl (C=O) groups excluding carboxylic acids is 2. The highest BCUT2D eigenvalue weighted by molar-refractivity contribution is 5.95. The fraction of sp³-hybridized carbons (Fsp3) is 0.320. The number of ether oxygens (including phenoxy) is 2. The SMILES string of the molecule is COc1ccc2cc1OCC(=O)NCc1cc(C(=O)N3CCC(O)CC3)cc(c1)-n1ccnc1-2. The van der Waals surface area contributed by atoms with Crippen LogP contribution < -0.4 is 14.8 Å². The molecule has 0 atom stereocenters. The third-order valence-electron chi connectivity index (χ3n) is 6.17. The number of imidazole rings is 1. The second-order valence-electron chi connectivity index (χ2n) is 8.46. The summed E-state index contributed by atoms with van der Waals surface area (Å²) in [7, 11) is 1.55. The molecule has 2 amide bonds. The summed E-state index contributed by atoms with van der Waals surface area (Å²) in [5.41, 5.74) is 2.86. The summed E-state index contributed by atoms with van der Waals surface area (Å²) in [6.45, 7) is 1.10. The van der Waals surface area contributed by atoms with E-state index in [1.54, 1.807) is 36.4 Å². The van der Waals surface area contributed by atoms with Gasteiger partial charge < -0.3 is 24.8 Å². The second-order valence-corrected chi connectivity index (χ2v) is 8.46. The number of benzene rings is 2. The van der Waals surface area contributed by atoms with Crippen molar-refractivity contribution in [3.05, 3.63) is 59.9 Å². The molecule has 0 saturated carbocycles. The average molecular weight is 463 g/mol. The summed E-state index contributed by atoms with van der Waals surface area (Å²) < 4.78 is 13.0. The van der Waals surface area contributed by atoms with Crippen LogP contribution in [0.5, 0.6) is 11.5 Å². The summed E-state index contributed by atoms with van der Waals surface area (Å²) in [6, 6.07) is 11.0. The molecule has 4 bridgehead atoms. The van der Waals surface area contributed by atoms with Crippen molar-refractivity contribution < 1.29 is 24.2 Å². The first-order valence-electron chi connectivity index (χ1n) is 11.2. The Morgan fingerprint density at radius 2 is 2.03 bits per heavy atom. The molecular formula is C25H26N4O5. The molecular weight excluding hydrogens is 436 g/mol. The molecule has 2 aliphatic heterocycles. The third-order valence-corrected chi connectivity index (χ3v) is 6.17. The van der Waals surface area contributed by atoms with Gasteiger partial charge in [-0.2, -0.15) is 0 Å². The van der Waals surface area contributed by atoms with Crippen LogP contribution in [0.4, 0.5) is 0 Å². The van der Waals surface area contributed by atoms with Crippen LogP contribution in [0.15, 0.2) is 48.8 Å². The number of aliphatic hydroxyl groups is 1. The van der Waals surface area contributed by atoms with E-state index in [2.05, 4.69) is 10.3 Å². The molecule has 1 saturated heterocycles. The van der Waals surface area contributed by atoms with Crippen molar-refractivity contribution in [3.8, 4) is 28.6 Å². The Morgan fingerprint density at radius 1 is 1.21 bits per heavy atom. The Bertz CT molecular complexity index is 1230. The number of nitrogens with one attached hydrogen (secondary N) is 1. The number of rotatable bonds is 2.